The first kappa shape index (κ1) is 16.9. The Kier molecular flexibility index (Phi) is 5.48. The van der Waals surface area contributed by atoms with Crippen molar-refractivity contribution in [2.24, 2.45) is 0 Å². The Morgan fingerprint density at radius 3 is 2.50 bits per heavy atom. The van der Waals surface area contributed by atoms with E-state index in [0.29, 0.717) is 12.1 Å². The molecule has 2 aliphatic heterocycles. The van der Waals surface area contributed by atoms with Crippen molar-refractivity contribution in [1.29, 1.82) is 0 Å². The molecule has 0 bridgehead atoms. The largest absolute Gasteiger partial charge is 0.351 e. The van der Waals surface area contributed by atoms with Crippen molar-refractivity contribution >= 4 is 11.8 Å². The summed E-state index contributed by atoms with van der Waals surface area (Å²) in [7, 11) is 2.08. The second-order valence-corrected chi connectivity index (χ2v) is 6.66. The molecule has 3 rings (SSSR count). The topological polar surface area (TPSA) is 64.7 Å². The van der Waals surface area contributed by atoms with Crippen molar-refractivity contribution in [3.63, 3.8) is 0 Å². The first-order chi connectivity index (χ1) is 11.6. The lowest BCUT2D eigenvalue weighted by atomic mass is 10.1. The lowest BCUT2D eigenvalue weighted by Gasteiger charge is -2.32. The van der Waals surface area contributed by atoms with Gasteiger partial charge in [-0.2, -0.15) is 0 Å². The first-order valence-electron chi connectivity index (χ1n) is 8.71. The second kappa shape index (κ2) is 7.77. The number of hydrogen-bond acceptors (Lipinski definition) is 4. The van der Waals surface area contributed by atoms with Crippen LogP contribution in [0.2, 0.25) is 0 Å². The van der Waals surface area contributed by atoms with E-state index in [4.69, 9.17) is 0 Å². The van der Waals surface area contributed by atoms with Gasteiger partial charge in [0, 0.05) is 38.3 Å². The molecule has 6 heteroatoms. The van der Waals surface area contributed by atoms with Crippen LogP contribution in [0.15, 0.2) is 24.3 Å². The average molecular weight is 330 g/mol. The zero-order valence-electron chi connectivity index (χ0n) is 14.3. The third-order valence-corrected chi connectivity index (χ3v) is 4.83. The number of carbonyl (C=O) groups is 2. The zero-order valence-corrected chi connectivity index (χ0v) is 14.3. The van der Waals surface area contributed by atoms with Gasteiger partial charge in [-0.3, -0.25) is 9.59 Å². The molecule has 130 valence electrons. The molecule has 0 saturated carbocycles. The van der Waals surface area contributed by atoms with Gasteiger partial charge >= 0.3 is 0 Å². The van der Waals surface area contributed by atoms with E-state index in [0.717, 1.165) is 51.1 Å². The number of carbonyl (C=O) groups excluding carboxylic acids is 2. The Bertz CT molecular complexity index is 573. The molecule has 0 radical (unpaired) electrons. The fraction of sp³-hybridized carbons (Fsp3) is 0.556. The average Bonchev–Trinajstić information content (AvgIpc) is 3.15. The number of likely N-dealkylation sites (N-methyl/N-ethyl adjacent to an activating group) is 1. The normalized spacial score (nSPS) is 21.7. The third kappa shape index (κ3) is 4.13. The van der Waals surface area contributed by atoms with E-state index >= 15 is 0 Å². The summed E-state index contributed by atoms with van der Waals surface area (Å²) in [6.45, 7) is 4.82. The monoisotopic (exact) mass is 330 g/mol. The van der Waals surface area contributed by atoms with Crippen molar-refractivity contribution in [2.45, 2.75) is 25.4 Å². The maximum Gasteiger partial charge on any atom is 0.253 e. The summed E-state index contributed by atoms with van der Waals surface area (Å²) in [5.74, 6) is 0.152. The van der Waals surface area contributed by atoms with Gasteiger partial charge in [0.15, 0.2) is 0 Å². The Morgan fingerprint density at radius 2 is 1.88 bits per heavy atom. The van der Waals surface area contributed by atoms with Gasteiger partial charge < -0.3 is 20.4 Å². The summed E-state index contributed by atoms with van der Waals surface area (Å²) in [6, 6.07) is 7.51. The molecule has 1 aromatic rings. The molecule has 2 amide bonds. The van der Waals surface area contributed by atoms with Crippen LogP contribution in [-0.2, 0) is 11.3 Å². The van der Waals surface area contributed by atoms with Crippen LogP contribution < -0.4 is 10.6 Å². The molecule has 6 nitrogen and oxygen atoms in total. The smallest absolute Gasteiger partial charge is 0.253 e. The predicted molar refractivity (Wildman–Crippen MR) is 92.7 cm³/mol. The van der Waals surface area contributed by atoms with Gasteiger partial charge in [0.05, 0.1) is 6.04 Å². The minimum absolute atomic E-state index is 0.0527. The van der Waals surface area contributed by atoms with E-state index in [-0.39, 0.29) is 17.9 Å². The molecule has 2 heterocycles. The zero-order chi connectivity index (χ0) is 16.9. The van der Waals surface area contributed by atoms with Crippen molar-refractivity contribution in [3.05, 3.63) is 35.4 Å². The maximum atomic E-state index is 12.5. The van der Waals surface area contributed by atoms with Gasteiger partial charge in [-0.1, -0.05) is 12.1 Å². The molecular weight excluding hydrogens is 304 g/mol. The summed E-state index contributed by atoms with van der Waals surface area (Å²) in [5.41, 5.74) is 1.73. The van der Waals surface area contributed by atoms with Gasteiger partial charge in [0.25, 0.3) is 5.91 Å². The highest BCUT2D eigenvalue weighted by molar-refractivity contribution is 5.94. The predicted octanol–water partition coefficient (Wildman–Crippen LogP) is 0.442. The molecule has 0 aliphatic carbocycles. The number of rotatable bonds is 4. The van der Waals surface area contributed by atoms with Crippen LogP contribution in [0, 0.1) is 0 Å². The van der Waals surface area contributed by atoms with Crippen LogP contribution in [-0.4, -0.2) is 67.4 Å². The molecule has 2 aliphatic rings. The lowest BCUT2D eigenvalue weighted by molar-refractivity contribution is -0.122. The van der Waals surface area contributed by atoms with E-state index in [2.05, 4.69) is 22.6 Å². The van der Waals surface area contributed by atoms with Gasteiger partial charge in [-0.05, 0) is 44.1 Å². The summed E-state index contributed by atoms with van der Waals surface area (Å²) in [6.07, 6.45) is 1.96. The van der Waals surface area contributed by atoms with Crippen LogP contribution in [0.5, 0.6) is 0 Å². The quantitative estimate of drug-likeness (QED) is 0.841. The summed E-state index contributed by atoms with van der Waals surface area (Å²) in [5, 5.41) is 6.15. The van der Waals surface area contributed by atoms with Crippen LogP contribution in [0.1, 0.15) is 28.8 Å². The first-order valence-corrected chi connectivity index (χ1v) is 8.71. The fourth-order valence-corrected chi connectivity index (χ4v) is 3.18. The molecular formula is C18H26N4O2. The molecule has 2 N–H and O–H groups in total. The standard InChI is InChI=1S/C18H26N4O2/c1-21-9-11-22(12-10-21)18(24)15-6-4-14(5-7-15)13-20-17(23)16-3-2-8-19-16/h4-7,16,19H,2-3,8-13H2,1H3,(H,20,23). The van der Waals surface area contributed by atoms with Crippen molar-refractivity contribution in [1.82, 2.24) is 20.4 Å². The van der Waals surface area contributed by atoms with Crippen LogP contribution in [0.4, 0.5) is 0 Å². The molecule has 2 saturated heterocycles. The highest BCUT2D eigenvalue weighted by atomic mass is 16.2. The molecule has 0 aromatic heterocycles. The molecule has 24 heavy (non-hydrogen) atoms. The van der Waals surface area contributed by atoms with E-state index in [9.17, 15) is 9.59 Å². The van der Waals surface area contributed by atoms with Crippen LogP contribution in [0.25, 0.3) is 0 Å². The van der Waals surface area contributed by atoms with Gasteiger partial charge in [0.1, 0.15) is 0 Å². The lowest BCUT2D eigenvalue weighted by Crippen LogP contribution is -2.47. The van der Waals surface area contributed by atoms with Gasteiger partial charge in [0.2, 0.25) is 5.91 Å². The minimum atomic E-state index is -0.0527. The van der Waals surface area contributed by atoms with Gasteiger partial charge in [-0.25, -0.2) is 0 Å². The van der Waals surface area contributed by atoms with E-state index in [1.165, 1.54) is 0 Å². The van der Waals surface area contributed by atoms with E-state index in [1.54, 1.807) is 0 Å². The number of nitrogens with one attached hydrogen (secondary N) is 2. The molecule has 1 aromatic carbocycles. The van der Waals surface area contributed by atoms with Gasteiger partial charge in [-0.15, -0.1) is 0 Å². The third-order valence-electron chi connectivity index (χ3n) is 4.83. The fourth-order valence-electron chi connectivity index (χ4n) is 3.18. The second-order valence-electron chi connectivity index (χ2n) is 6.66. The molecule has 0 spiro atoms. The van der Waals surface area contributed by atoms with Crippen LogP contribution >= 0.6 is 0 Å². The molecule has 1 unspecified atom stereocenters. The summed E-state index contributed by atoms with van der Waals surface area (Å²) < 4.78 is 0. The number of benzene rings is 1. The Hall–Kier alpha value is -1.92. The van der Waals surface area contributed by atoms with Crippen molar-refractivity contribution in [2.75, 3.05) is 39.8 Å². The highest BCUT2D eigenvalue weighted by Gasteiger charge is 2.22. The Morgan fingerprint density at radius 1 is 1.17 bits per heavy atom. The van der Waals surface area contributed by atoms with Crippen LogP contribution in [0.3, 0.4) is 0 Å². The van der Waals surface area contributed by atoms with E-state index < -0.39 is 0 Å². The summed E-state index contributed by atoms with van der Waals surface area (Å²) in [4.78, 5) is 28.6. The number of amides is 2. The highest BCUT2D eigenvalue weighted by Crippen LogP contribution is 2.10. The molecule has 2 fully saturated rings. The summed E-state index contributed by atoms with van der Waals surface area (Å²) >= 11 is 0. The number of piperazine rings is 1. The van der Waals surface area contributed by atoms with Crippen molar-refractivity contribution in [3.8, 4) is 0 Å². The maximum absolute atomic E-state index is 12.5. The SMILES string of the molecule is CN1CCN(C(=O)c2ccc(CNC(=O)C3CCCN3)cc2)CC1. The van der Waals surface area contributed by atoms with Crippen molar-refractivity contribution < 1.29 is 9.59 Å². The Labute approximate surface area is 143 Å². The Balaban J connectivity index is 1.51. The molecule has 1 atom stereocenters. The number of hydrogen-bond donors (Lipinski definition) is 2. The minimum Gasteiger partial charge on any atom is -0.351 e. The number of nitrogens with zero attached hydrogens (tertiary/aromatic N) is 2. The van der Waals surface area contributed by atoms with E-state index in [1.807, 2.05) is 29.2 Å².